The van der Waals surface area contributed by atoms with E-state index < -0.39 is 0 Å². The highest BCUT2D eigenvalue weighted by atomic mass is 16.5. The van der Waals surface area contributed by atoms with Crippen LogP contribution < -0.4 is 5.32 Å². The van der Waals surface area contributed by atoms with Crippen molar-refractivity contribution >= 4 is 27.9 Å². The van der Waals surface area contributed by atoms with Gasteiger partial charge < -0.3 is 14.5 Å². The summed E-state index contributed by atoms with van der Waals surface area (Å²) in [5.74, 6) is 1.39. The lowest BCUT2D eigenvalue weighted by atomic mass is 9.82. The molecule has 1 aromatic carbocycles. The first-order valence-corrected chi connectivity index (χ1v) is 8.40. The van der Waals surface area contributed by atoms with Crippen molar-refractivity contribution in [3.05, 3.63) is 30.6 Å². The van der Waals surface area contributed by atoms with Gasteiger partial charge in [-0.1, -0.05) is 12.1 Å². The van der Waals surface area contributed by atoms with E-state index in [1.54, 1.807) is 6.33 Å². The Balaban J connectivity index is 1.55. The van der Waals surface area contributed by atoms with Gasteiger partial charge in [0.25, 0.3) is 0 Å². The van der Waals surface area contributed by atoms with E-state index in [9.17, 15) is 0 Å². The zero-order valence-electron chi connectivity index (χ0n) is 12.9. The number of para-hydroxylation sites is 1. The van der Waals surface area contributed by atoms with Crippen molar-refractivity contribution in [1.29, 1.82) is 0 Å². The SMILES string of the molecule is c1ccc2c(c1)oc1c(NC3CCCC4OCCC34)ncnc12. The standard InChI is InChI=1S/C18H19N3O2/c1-2-6-15-12(4-1)16-17(23-15)18(20-10-19-16)21-13-5-3-7-14-11(13)8-9-22-14/h1-2,4,6,10-11,13-14H,3,5,7-9H2,(H,19,20,21). The first-order chi connectivity index (χ1) is 11.4. The highest BCUT2D eigenvalue weighted by Gasteiger charge is 2.38. The fourth-order valence-corrected chi connectivity index (χ4v) is 4.16. The second kappa shape index (κ2) is 5.20. The third-order valence-corrected chi connectivity index (χ3v) is 5.26. The van der Waals surface area contributed by atoms with Crippen molar-refractivity contribution in [2.45, 2.75) is 37.8 Å². The minimum atomic E-state index is 0.405. The topological polar surface area (TPSA) is 60.2 Å². The second-order valence-electron chi connectivity index (χ2n) is 6.54. The largest absolute Gasteiger partial charge is 0.450 e. The zero-order valence-corrected chi connectivity index (χ0v) is 12.9. The molecule has 3 unspecified atom stereocenters. The van der Waals surface area contributed by atoms with Gasteiger partial charge >= 0.3 is 0 Å². The molecule has 1 saturated heterocycles. The van der Waals surface area contributed by atoms with Crippen LogP contribution in [0.25, 0.3) is 22.1 Å². The van der Waals surface area contributed by atoms with Crippen LogP contribution in [0.4, 0.5) is 5.82 Å². The van der Waals surface area contributed by atoms with E-state index in [-0.39, 0.29) is 0 Å². The Morgan fingerprint density at radius 2 is 2.04 bits per heavy atom. The van der Waals surface area contributed by atoms with E-state index in [1.165, 1.54) is 12.8 Å². The lowest BCUT2D eigenvalue weighted by Crippen LogP contribution is -2.38. The number of rotatable bonds is 2. The Hall–Kier alpha value is -2.14. The molecule has 3 heterocycles. The minimum Gasteiger partial charge on any atom is -0.450 e. The molecule has 118 valence electrons. The molecule has 2 aliphatic rings. The Morgan fingerprint density at radius 3 is 3.04 bits per heavy atom. The molecule has 1 saturated carbocycles. The highest BCUT2D eigenvalue weighted by Crippen LogP contribution is 2.37. The Morgan fingerprint density at radius 1 is 1.09 bits per heavy atom. The summed E-state index contributed by atoms with van der Waals surface area (Å²) in [5, 5.41) is 4.67. The van der Waals surface area contributed by atoms with Crippen molar-refractivity contribution in [2.24, 2.45) is 5.92 Å². The average molecular weight is 309 g/mol. The van der Waals surface area contributed by atoms with E-state index in [0.29, 0.717) is 18.1 Å². The van der Waals surface area contributed by atoms with Crippen LogP contribution in [0.15, 0.2) is 35.0 Å². The van der Waals surface area contributed by atoms with E-state index in [2.05, 4.69) is 15.3 Å². The Bertz CT molecular complexity index is 860. The molecular formula is C18H19N3O2. The lowest BCUT2D eigenvalue weighted by Gasteiger charge is -2.33. The maximum absolute atomic E-state index is 6.02. The maximum Gasteiger partial charge on any atom is 0.196 e. The summed E-state index contributed by atoms with van der Waals surface area (Å²) >= 11 is 0. The predicted molar refractivity (Wildman–Crippen MR) is 88.4 cm³/mol. The third-order valence-electron chi connectivity index (χ3n) is 5.26. The monoisotopic (exact) mass is 309 g/mol. The summed E-state index contributed by atoms with van der Waals surface area (Å²) in [6.45, 7) is 0.886. The third kappa shape index (κ3) is 2.10. The maximum atomic E-state index is 6.02. The molecule has 1 aliphatic carbocycles. The first kappa shape index (κ1) is 13.3. The van der Waals surface area contributed by atoms with Crippen LogP contribution in [0.3, 0.4) is 0 Å². The molecule has 3 atom stereocenters. The minimum absolute atomic E-state index is 0.405. The lowest BCUT2D eigenvalue weighted by molar-refractivity contribution is 0.0619. The van der Waals surface area contributed by atoms with Crippen LogP contribution in [0.2, 0.25) is 0 Å². The van der Waals surface area contributed by atoms with Gasteiger partial charge in [-0.15, -0.1) is 0 Å². The number of aromatic nitrogens is 2. The van der Waals surface area contributed by atoms with Crippen LogP contribution in [-0.2, 0) is 4.74 Å². The fourth-order valence-electron chi connectivity index (χ4n) is 4.16. The molecule has 1 aliphatic heterocycles. The summed E-state index contributed by atoms with van der Waals surface area (Å²) < 4.78 is 11.9. The van der Waals surface area contributed by atoms with Gasteiger partial charge in [-0.2, -0.15) is 0 Å². The molecule has 23 heavy (non-hydrogen) atoms. The number of ether oxygens (including phenoxy) is 1. The summed E-state index contributed by atoms with van der Waals surface area (Å²) in [6, 6.07) is 8.41. The van der Waals surface area contributed by atoms with Gasteiger partial charge in [-0.05, 0) is 37.8 Å². The molecule has 2 aromatic heterocycles. The van der Waals surface area contributed by atoms with E-state index in [4.69, 9.17) is 9.15 Å². The molecule has 5 heteroatoms. The number of furan rings is 1. The highest BCUT2D eigenvalue weighted by molar-refractivity contribution is 6.05. The van der Waals surface area contributed by atoms with E-state index in [1.807, 2.05) is 24.3 Å². The molecule has 5 rings (SSSR count). The molecular weight excluding hydrogens is 290 g/mol. The Labute approximate surface area is 134 Å². The summed E-state index contributed by atoms with van der Waals surface area (Å²) in [5.41, 5.74) is 2.50. The zero-order chi connectivity index (χ0) is 15.2. The molecule has 0 amide bonds. The molecule has 1 N–H and O–H groups in total. The number of nitrogens with one attached hydrogen (secondary N) is 1. The van der Waals surface area contributed by atoms with Gasteiger partial charge in [-0.25, -0.2) is 9.97 Å². The quantitative estimate of drug-likeness (QED) is 0.781. The number of nitrogens with zero attached hydrogens (tertiary/aromatic N) is 2. The van der Waals surface area contributed by atoms with Gasteiger partial charge in [0.1, 0.15) is 17.4 Å². The number of hydrogen-bond acceptors (Lipinski definition) is 5. The van der Waals surface area contributed by atoms with Gasteiger partial charge in [0.05, 0.1) is 6.10 Å². The van der Waals surface area contributed by atoms with Gasteiger partial charge in [-0.3, -0.25) is 0 Å². The van der Waals surface area contributed by atoms with Gasteiger partial charge in [0, 0.05) is 24.0 Å². The first-order valence-electron chi connectivity index (χ1n) is 8.40. The van der Waals surface area contributed by atoms with Crippen LogP contribution in [0.5, 0.6) is 0 Å². The predicted octanol–water partition coefficient (Wildman–Crippen LogP) is 3.75. The summed E-state index contributed by atoms with van der Waals surface area (Å²) in [6.07, 6.45) is 6.72. The number of anilines is 1. The Kier molecular flexibility index (Phi) is 3.01. The summed E-state index contributed by atoms with van der Waals surface area (Å²) in [4.78, 5) is 8.87. The fraction of sp³-hybridized carbons (Fsp3) is 0.444. The second-order valence-corrected chi connectivity index (χ2v) is 6.54. The number of fused-ring (bicyclic) bond motifs is 4. The number of benzene rings is 1. The van der Waals surface area contributed by atoms with Crippen LogP contribution in [0.1, 0.15) is 25.7 Å². The van der Waals surface area contributed by atoms with Gasteiger partial charge in [0.15, 0.2) is 11.4 Å². The van der Waals surface area contributed by atoms with E-state index in [0.717, 1.165) is 47.3 Å². The average Bonchev–Trinajstić information content (AvgIpc) is 3.20. The molecule has 2 fully saturated rings. The summed E-state index contributed by atoms with van der Waals surface area (Å²) in [7, 11) is 0. The van der Waals surface area contributed by atoms with Crippen molar-refractivity contribution < 1.29 is 9.15 Å². The molecule has 0 radical (unpaired) electrons. The molecule has 3 aromatic rings. The molecule has 0 bridgehead atoms. The van der Waals surface area contributed by atoms with Crippen molar-refractivity contribution in [3.8, 4) is 0 Å². The van der Waals surface area contributed by atoms with Crippen LogP contribution in [-0.4, -0.2) is 28.7 Å². The van der Waals surface area contributed by atoms with Crippen LogP contribution >= 0.6 is 0 Å². The van der Waals surface area contributed by atoms with Crippen molar-refractivity contribution in [1.82, 2.24) is 9.97 Å². The number of hydrogen-bond donors (Lipinski definition) is 1. The normalized spacial score (nSPS) is 27.4. The van der Waals surface area contributed by atoms with E-state index >= 15 is 0 Å². The van der Waals surface area contributed by atoms with Gasteiger partial charge in [0.2, 0.25) is 0 Å². The smallest absolute Gasteiger partial charge is 0.196 e. The van der Waals surface area contributed by atoms with Crippen molar-refractivity contribution in [2.75, 3.05) is 11.9 Å². The van der Waals surface area contributed by atoms with Crippen LogP contribution in [0, 0.1) is 5.92 Å². The molecule has 0 spiro atoms. The molecule has 5 nitrogen and oxygen atoms in total. The van der Waals surface area contributed by atoms with Crippen molar-refractivity contribution in [3.63, 3.8) is 0 Å².